The molecule has 0 aromatic carbocycles. The van der Waals surface area contributed by atoms with Crippen LogP contribution in [-0.4, -0.2) is 61.5 Å². The van der Waals surface area contributed by atoms with Crippen LogP contribution >= 0.6 is 0 Å². The first kappa shape index (κ1) is 18.9. The first-order valence-electron chi connectivity index (χ1n) is 7.65. The largest absolute Gasteiger partial charge is 0.469 e. The summed E-state index contributed by atoms with van der Waals surface area (Å²) in [5, 5.41) is 0. The molecule has 20 heavy (non-hydrogen) atoms. The lowest BCUT2D eigenvalue weighted by Crippen LogP contribution is -2.39. The molecule has 0 spiro atoms. The molecule has 0 aliphatic rings. The molecule has 0 N–H and O–H groups in total. The summed E-state index contributed by atoms with van der Waals surface area (Å²) >= 11 is 0. The van der Waals surface area contributed by atoms with Gasteiger partial charge in [-0.25, -0.2) is 0 Å². The van der Waals surface area contributed by atoms with Crippen LogP contribution in [0.2, 0.25) is 0 Å². The third-order valence-corrected chi connectivity index (χ3v) is 3.49. The third-order valence-electron chi connectivity index (χ3n) is 3.49. The molecule has 0 unspecified atom stereocenters. The summed E-state index contributed by atoms with van der Waals surface area (Å²) in [5.41, 5.74) is 0. The van der Waals surface area contributed by atoms with E-state index < -0.39 is 0 Å². The van der Waals surface area contributed by atoms with E-state index in [0.29, 0.717) is 19.5 Å². The number of rotatable bonds is 11. The van der Waals surface area contributed by atoms with Crippen LogP contribution in [0.3, 0.4) is 0 Å². The lowest BCUT2D eigenvalue weighted by molar-refractivity contribution is -0.141. The number of ether oxygens (including phenoxy) is 1. The fourth-order valence-corrected chi connectivity index (χ4v) is 1.98. The Morgan fingerprint density at radius 1 is 0.950 bits per heavy atom. The van der Waals surface area contributed by atoms with Crippen molar-refractivity contribution in [2.45, 2.75) is 46.5 Å². The average molecular weight is 286 g/mol. The zero-order chi connectivity index (χ0) is 15.4. The Bertz CT molecular complexity index is 278. The second kappa shape index (κ2) is 11.7. The highest BCUT2D eigenvalue weighted by Crippen LogP contribution is 2.03. The van der Waals surface area contributed by atoms with Crippen molar-refractivity contribution in [3.63, 3.8) is 0 Å². The van der Waals surface area contributed by atoms with Gasteiger partial charge in [0, 0.05) is 26.1 Å². The van der Waals surface area contributed by atoms with Gasteiger partial charge in [0.1, 0.15) is 0 Å². The van der Waals surface area contributed by atoms with Gasteiger partial charge in [0.25, 0.3) is 0 Å². The van der Waals surface area contributed by atoms with Crippen molar-refractivity contribution in [1.82, 2.24) is 9.80 Å². The van der Waals surface area contributed by atoms with Gasteiger partial charge in [-0.15, -0.1) is 0 Å². The SMILES string of the molecule is CCCCC(=O)N(CCC(=O)OC)CCN(CC)CC. The number of hydrogen-bond donors (Lipinski definition) is 0. The van der Waals surface area contributed by atoms with Crippen LogP contribution in [0.4, 0.5) is 0 Å². The number of nitrogens with zero attached hydrogens (tertiary/aromatic N) is 2. The zero-order valence-electron chi connectivity index (χ0n) is 13.5. The van der Waals surface area contributed by atoms with E-state index in [1.54, 1.807) is 4.90 Å². The summed E-state index contributed by atoms with van der Waals surface area (Å²) in [4.78, 5) is 27.5. The van der Waals surface area contributed by atoms with Crippen molar-refractivity contribution in [2.24, 2.45) is 0 Å². The molecule has 0 aromatic rings. The Morgan fingerprint density at radius 3 is 2.10 bits per heavy atom. The molecule has 0 heterocycles. The Hall–Kier alpha value is -1.10. The highest BCUT2D eigenvalue weighted by atomic mass is 16.5. The molecule has 118 valence electrons. The fourth-order valence-electron chi connectivity index (χ4n) is 1.98. The Morgan fingerprint density at radius 2 is 1.60 bits per heavy atom. The quantitative estimate of drug-likeness (QED) is 0.544. The maximum absolute atomic E-state index is 12.1. The van der Waals surface area contributed by atoms with Gasteiger partial charge in [0.2, 0.25) is 5.91 Å². The minimum atomic E-state index is -0.263. The first-order valence-corrected chi connectivity index (χ1v) is 7.65. The summed E-state index contributed by atoms with van der Waals surface area (Å²) in [6, 6.07) is 0. The molecule has 1 amide bonds. The molecule has 0 saturated carbocycles. The third kappa shape index (κ3) is 8.15. The summed E-state index contributed by atoms with van der Waals surface area (Å²) in [6.07, 6.45) is 2.74. The van der Waals surface area contributed by atoms with Crippen LogP contribution in [0, 0.1) is 0 Å². The number of esters is 1. The number of unbranched alkanes of at least 4 members (excludes halogenated alkanes) is 1. The van der Waals surface area contributed by atoms with E-state index in [9.17, 15) is 9.59 Å². The maximum Gasteiger partial charge on any atom is 0.307 e. The van der Waals surface area contributed by atoms with E-state index in [1.807, 2.05) is 0 Å². The molecule has 5 nitrogen and oxygen atoms in total. The van der Waals surface area contributed by atoms with Gasteiger partial charge in [0.05, 0.1) is 13.5 Å². The smallest absolute Gasteiger partial charge is 0.307 e. The van der Waals surface area contributed by atoms with Gasteiger partial charge in [-0.2, -0.15) is 0 Å². The van der Waals surface area contributed by atoms with Gasteiger partial charge < -0.3 is 14.5 Å². The minimum Gasteiger partial charge on any atom is -0.469 e. The van der Waals surface area contributed by atoms with Crippen LogP contribution in [0.15, 0.2) is 0 Å². The standard InChI is InChI=1S/C15H30N2O3/c1-5-8-9-14(18)17(11-10-15(19)20-4)13-12-16(6-2)7-3/h5-13H2,1-4H3. The number of likely N-dealkylation sites (N-methyl/N-ethyl adjacent to an activating group) is 1. The molecule has 0 fully saturated rings. The van der Waals surface area contributed by atoms with Crippen LogP contribution in [0.25, 0.3) is 0 Å². The van der Waals surface area contributed by atoms with E-state index in [1.165, 1.54) is 7.11 Å². The average Bonchev–Trinajstić information content (AvgIpc) is 2.48. The summed E-state index contributed by atoms with van der Waals surface area (Å²) in [7, 11) is 1.38. The normalized spacial score (nSPS) is 10.7. The van der Waals surface area contributed by atoms with Crippen LogP contribution in [0.5, 0.6) is 0 Å². The highest BCUT2D eigenvalue weighted by molar-refractivity contribution is 5.77. The van der Waals surface area contributed by atoms with Crippen LogP contribution in [0.1, 0.15) is 46.5 Å². The Balaban J connectivity index is 4.36. The number of amides is 1. The maximum atomic E-state index is 12.1. The monoisotopic (exact) mass is 286 g/mol. The number of carbonyl (C=O) groups is 2. The number of methoxy groups -OCH3 is 1. The van der Waals surface area contributed by atoms with Crippen molar-refractivity contribution in [3.05, 3.63) is 0 Å². The molecule has 0 atom stereocenters. The molecule has 0 bridgehead atoms. The topological polar surface area (TPSA) is 49.9 Å². The molecule has 0 saturated heterocycles. The van der Waals surface area contributed by atoms with E-state index in [4.69, 9.17) is 0 Å². The Labute approximate surface area is 123 Å². The summed E-state index contributed by atoms with van der Waals surface area (Å²) in [6.45, 7) is 10.2. The van der Waals surface area contributed by atoms with Crippen LogP contribution < -0.4 is 0 Å². The van der Waals surface area contributed by atoms with E-state index in [0.717, 1.165) is 32.5 Å². The van der Waals surface area contributed by atoms with E-state index in [2.05, 4.69) is 30.4 Å². The van der Waals surface area contributed by atoms with Gasteiger partial charge in [0.15, 0.2) is 0 Å². The summed E-state index contributed by atoms with van der Waals surface area (Å²) in [5.74, 6) is -0.121. The van der Waals surface area contributed by atoms with Gasteiger partial charge in [-0.05, 0) is 19.5 Å². The zero-order valence-corrected chi connectivity index (χ0v) is 13.5. The molecule has 5 heteroatoms. The summed E-state index contributed by atoms with van der Waals surface area (Å²) < 4.78 is 4.64. The number of hydrogen-bond acceptors (Lipinski definition) is 4. The predicted octanol–water partition coefficient (Wildman–Crippen LogP) is 1.91. The van der Waals surface area contributed by atoms with E-state index >= 15 is 0 Å². The fraction of sp³-hybridized carbons (Fsp3) is 0.867. The van der Waals surface area contributed by atoms with Crippen molar-refractivity contribution < 1.29 is 14.3 Å². The van der Waals surface area contributed by atoms with Crippen molar-refractivity contribution in [2.75, 3.05) is 39.8 Å². The highest BCUT2D eigenvalue weighted by Gasteiger charge is 2.15. The van der Waals surface area contributed by atoms with Gasteiger partial charge in [-0.3, -0.25) is 9.59 Å². The van der Waals surface area contributed by atoms with Crippen molar-refractivity contribution >= 4 is 11.9 Å². The van der Waals surface area contributed by atoms with Crippen molar-refractivity contribution in [3.8, 4) is 0 Å². The number of carbonyl (C=O) groups excluding carboxylic acids is 2. The van der Waals surface area contributed by atoms with Gasteiger partial charge >= 0.3 is 5.97 Å². The molecule has 0 aliphatic heterocycles. The molecular formula is C15H30N2O3. The lowest BCUT2D eigenvalue weighted by Gasteiger charge is -2.26. The molecule has 0 radical (unpaired) electrons. The predicted molar refractivity (Wildman–Crippen MR) is 80.5 cm³/mol. The second-order valence-corrected chi connectivity index (χ2v) is 4.84. The Kier molecular flexibility index (Phi) is 11.1. The molecule has 0 aromatic heterocycles. The van der Waals surface area contributed by atoms with Gasteiger partial charge in [-0.1, -0.05) is 27.2 Å². The minimum absolute atomic E-state index is 0.142. The van der Waals surface area contributed by atoms with Crippen molar-refractivity contribution in [1.29, 1.82) is 0 Å². The lowest BCUT2D eigenvalue weighted by atomic mass is 10.2. The molecular weight excluding hydrogens is 256 g/mol. The van der Waals surface area contributed by atoms with E-state index in [-0.39, 0.29) is 18.3 Å². The first-order chi connectivity index (χ1) is 9.58. The molecule has 0 aliphatic carbocycles. The molecule has 0 rings (SSSR count). The van der Waals surface area contributed by atoms with Crippen LogP contribution in [-0.2, 0) is 14.3 Å². The second-order valence-electron chi connectivity index (χ2n) is 4.84.